The highest BCUT2D eigenvalue weighted by Gasteiger charge is 2.17. The minimum atomic E-state index is -0.826. The Morgan fingerprint density at radius 2 is 1.53 bits per heavy atom. The Balaban J connectivity index is 2.49. The maximum atomic E-state index is 10.5. The van der Waals surface area contributed by atoms with E-state index in [9.17, 15) is 5.11 Å². The second-order valence-corrected chi connectivity index (χ2v) is 6.26. The van der Waals surface area contributed by atoms with E-state index in [1.54, 1.807) is 12.1 Å². The van der Waals surface area contributed by atoms with E-state index in [4.69, 9.17) is 23.2 Å². The fraction of sp³-hybridized carbons (Fsp3) is 0.200. The summed E-state index contributed by atoms with van der Waals surface area (Å²) in [5.74, 6) is 0. The van der Waals surface area contributed by atoms with Gasteiger partial charge < -0.3 is 5.11 Å². The zero-order valence-corrected chi connectivity index (χ0v) is 13.6. The van der Waals surface area contributed by atoms with Gasteiger partial charge in [0, 0.05) is 25.6 Å². The van der Waals surface area contributed by atoms with Crippen molar-refractivity contribution < 1.29 is 5.11 Å². The standard InChI is InChI=1S/C15H13BrCl2O/c1-8-5-12(13(17)6-9(8)2)15(19)11-4-3-10(16)7-14(11)18/h3-7,15,19H,1-2H3. The van der Waals surface area contributed by atoms with Crippen LogP contribution in [-0.4, -0.2) is 5.11 Å². The fourth-order valence-corrected chi connectivity index (χ4v) is 3.00. The first kappa shape index (κ1) is 14.9. The van der Waals surface area contributed by atoms with Gasteiger partial charge in [0.2, 0.25) is 0 Å². The van der Waals surface area contributed by atoms with Crippen LogP contribution < -0.4 is 0 Å². The van der Waals surface area contributed by atoms with E-state index in [1.807, 2.05) is 32.0 Å². The van der Waals surface area contributed by atoms with Crippen LogP contribution in [0.1, 0.15) is 28.4 Å². The molecule has 1 atom stereocenters. The van der Waals surface area contributed by atoms with Crippen molar-refractivity contribution in [2.24, 2.45) is 0 Å². The van der Waals surface area contributed by atoms with Crippen molar-refractivity contribution >= 4 is 39.1 Å². The van der Waals surface area contributed by atoms with E-state index in [-0.39, 0.29) is 0 Å². The minimum Gasteiger partial charge on any atom is -0.384 e. The Labute approximate surface area is 131 Å². The lowest BCUT2D eigenvalue weighted by Crippen LogP contribution is -2.02. The maximum absolute atomic E-state index is 10.5. The van der Waals surface area contributed by atoms with E-state index in [0.717, 1.165) is 15.6 Å². The van der Waals surface area contributed by atoms with Crippen LogP contribution in [0.25, 0.3) is 0 Å². The first-order valence-electron chi connectivity index (χ1n) is 5.80. The summed E-state index contributed by atoms with van der Waals surface area (Å²) in [6.45, 7) is 3.98. The lowest BCUT2D eigenvalue weighted by atomic mass is 9.98. The molecule has 0 spiro atoms. The maximum Gasteiger partial charge on any atom is 0.107 e. The van der Waals surface area contributed by atoms with Crippen molar-refractivity contribution in [2.45, 2.75) is 20.0 Å². The summed E-state index contributed by atoms with van der Waals surface area (Å²) in [5.41, 5.74) is 3.51. The Kier molecular flexibility index (Phi) is 4.57. The van der Waals surface area contributed by atoms with Crippen LogP contribution in [0, 0.1) is 13.8 Å². The highest BCUT2D eigenvalue weighted by Crippen LogP contribution is 2.34. The van der Waals surface area contributed by atoms with Crippen LogP contribution in [0.15, 0.2) is 34.8 Å². The molecule has 0 aliphatic carbocycles. The number of benzene rings is 2. The summed E-state index contributed by atoms with van der Waals surface area (Å²) in [6.07, 6.45) is -0.826. The smallest absolute Gasteiger partial charge is 0.107 e. The Morgan fingerprint density at radius 3 is 2.16 bits per heavy atom. The van der Waals surface area contributed by atoms with Gasteiger partial charge in [-0.1, -0.05) is 51.3 Å². The molecule has 0 amide bonds. The third kappa shape index (κ3) is 3.14. The number of rotatable bonds is 2. The molecule has 1 unspecified atom stereocenters. The first-order chi connectivity index (χ1) is 8.90. The molecule has 0 heterocycles. The topological polar surface area (TPSA) is 20.2 Å². The van der Waals surface area contributed by atoms with E-state index in [2.05, 4.69) is 15.9 Å². The summed E-state index contributed by atoms with van der Waals surface area (Å²) in [6, 6.07) is 9.17. The molecular formula is C15H13BrCl2O. The number of halogens is 3. The predicted molar refractivity (Wildman–Crippen MR) is 84.1 cm³/mol. The number of hydrogen-bond donors (Lipinski definition) is 1. The normalized spacial score (nSPS) is 12.5. The molecule has 0 saturated heterocycles. The number of aryl methyl sites for hydroxylation is 2. The molecule has 0 aromatic heterocycles. The molecule has 1 nitrogen and oxygen atoms in total. The second-order valence-electron chi connectivity index (χ2n) is 4.53. The summed E-state index contributed by atoms with van der Waals surface area (Å²) in [5, 5.41) is 11.5. The molecule has 1 N–H and O–H groups in total. The van der Waals surface area contributed by atoms with Crippen molar-refractivity contribution in [3.05, 3.63) is 67.1 Å². The van der Waals surface area contributed by atoms with Crippen LogP contribution in [0.5, 0.6) is 0 Å². The Bertz CT molecular complexity index is 626. The molecule has 2 aromatic carbocycles. The highest BCUT2D eigenvalue weighted by atomic mass is 79.9. The molecular weight excluding hydrogens is 347 g/mol. The lowest BCUT2D eigenvalue weighted by molar-refractivity contribution is 0.220. The van der Waals surface area contributed by atoms with Crippen molar-refractivity contribution in [1.82, 2.24) is 0 Å². The van der Waals surface area contributed by atoms with Crippen LogP contribution in [-0.2, 0) is 0 Å². The zero-order chi connectivity index (χ0) is 14.2. The average Bonchev–Trinajstić information content (AvgIpc) is 2.33. The molecule has 4 heteroatoms. The van der Waals surface area contributed by atoms with Crippen molar-refractivity contribution in [1.29, 1.82) is 0 Å². The van der Waals surface area contributed by atoms with Gasteiger partial charge in [-0.15, -0.1) is 0 Å². The molecule has 100 valence electrons. The number of aliphatic hydroxyl groups excluding tert-OH is 1. The third-order valence-corrected chi connectivity index (χ3v) is 4.31. The third-order valence-electron chi connectivity index (χ3n) is 3.16. The summed E-state index contributed by atoms with van der Waals surface area (Å²) in [4.78, 5) is 0. The van der Waals surface area contributed by atoms with E-state index in [1.165, 1.54) is 0 Å². The van der Waals surface area contributed by atoms with Crippen LogP contribution in [0.3, 0.4) is 0 Å². The SMILES string of the molecule is Cc1cc(Cl)c(C(O)c2ccc(Br)cc2Cl)cc1C. The highest BCUT2D eigenvalue weighted by molar-refractivity contribution is 9.10. The Morgan fingerprint density at radius 1 is 0.947 bits per heavy atom. The molecule has 0 saturated carbocycles. The molecule has 2 rings (SSSR count). The molecule has 0 radical (unpaired) electrons. The van der Waals surface area contributed by atoms with E-state index < -0.39 is 6.10 Å². The van der Waals surface area contributed by atoms with E-state index in [0.29, 0.717) is 21.2 Å². The average molecular weight is 360 g/mol. The molecule has 0 aliphatic heterocycles. The van der Waals surface area contributed by atoms with Gasteiger partial charge in [-0.25, -0.2) is 0 Å². The lowest BCUT2D eigenvalue weighted by Gasteiger charge is -2.16. The number of aliphatic hydroxyl groups is 1. The van der Waals surface area contributed by atoms with Gasteiger partial charge in [-0.05, 0) is 43.2 Å². The Hall–Kier alpha value is -0.540. The predicted octanol–water partition coefficient (Wildman–Crippen LogP) is 5.45. The molecule has 0 bridgehead atoms. The van der Waals surface area contributed by atoms with Crippen molar-refractivity contribution in [3.63, 3.8) is 0 Å². The van der Waals surface area contributed by atoms with Crippen molar-refractivity contribution in [3.8, 4) is 0 Å². The van der Waals surface area contributed by atoms with Gasteiger partial charge >= 0.3 is 0 Å². The fourth-order valence-electron chi connectivity index (χ4n) is 1.90. The first-order valence-corrected chi connectivity index (χ1v) is 7.34. The zero-order valence-electron chi connectivity index (χ0n) is 10.5. The molecule has 2 aromatic rings. The van der Waals surface area contributed by atoms with Gasteiger partial charge in [0.15, 0.2) is 0 Å². The minimum absolute atomic E-state index is 0.510. The van der Waals surface area contributed by atoms with Crippen LogP contribution >= 0.6 is 39.1 Å². The second kappa shape index (κ2) is 5.84. The molecule has 0 fully saturated rings. The van der Waals surface area contributed by atoms with Crippen LogP contribution in [0.2, 0.25) is 10.0 Å². The summed E-state index contributed by atoms with van der Waals surface area (Å²) >= 11 is 15.7. The monoisotopic (exact) mass is 358 g/mol. The van der Waals surface area contributed by atoms with E-state index >= 15 is 0 Å². The van der Waals surface area contributed by atoms with Crippen LogP contribution in [0.4, 0.5) is 0 Å². The van der Waals surface area contributed by atoms with Crippen molar-refractivity contribution in [2.75, 3.05) is 0 Å². The largest absolute Gasteiger partial charge is 0.384 e. The van der Waals surface area contributed by atoms with Gasteiger partial charge in [0.05, 0.1) is 0 Å². The molecule has 0 aliphatic rings. The van der Waals surface area contributed by atoms with Gasteiger partial charge in [-0.3, -0.25) is 0 Å². The number of hydrogen-bond acceptors (Lipinski definition) is 1. The van der Waals surface area contributed by atoms with Gasteiger partial charge in [0.25, 0.3) is 0 Å². The van der Waals surface area contributed by atoms with Gasteiger partial charge in [-0.2, -0.15) is 0 Å². The quantitative estimate of drug-likeness (QED) is 0.755. The van der Waals surface area contributed by atoms with Gasteiger partial charge in [0.1, 0.15) is 6.10 Å². The summed E-state index contributed by atoms with van der Waals surface area (Å²) in [7, 11) is 0. The molecule has 19 heavy (non-hydrogen) atoms. The summed E-state index contributed by atoms with van der Waals surface area (Å²) < 4.78 is 0.875.